The van der Waals surface area contributed by atoms with Crippen molar-refractivity contribution in [2.75, 3.05) is 0 Å². The van der Waals surface area contributed by atoms with Crippen molar-refractivity contribution < 1.29 is 9.84 Å². The molecule has 8 rings (SSSR count). The molecule has 0 aliphatic carbocycles. The molecule has 0 fully saturated rings. The van der Waals surface area contributed by atoms with Gasteiger partial charge in [0.2, 0.25) is 5.88 Å². The number of aromatic hydroxyl groups is 1. The molecule has 1 aliphatic rings. The first-order valence-electron chi connectivity index (χ1n) is 12.5. The highest BCUT2D eigenvalue weighted by Gasteiger charge is 2.34. The number of aromatic nitrogens is 4. The van der Waals surface area contributed by atoms with E-state index >= 15 is 0 Å². The van der Waals surface area contributed by atoms with Crippen LogP contribution in [-0.2, 0) is 0 Å². The summed E-state index contributed by atoms with van der Waals surface area (Å²) in [5.41, 5.74) is 4.23. The van der Waals surface area contributed by atoms with Gasteiger partial charge in [-0.3, -0.25) is 0 Å². The minimum Gasteiger partial charge on any atom is -0.507 e. The van der Waals surface area contributed by atoms with Crippen LogP contribution in [0.1, 0.15) is 22.6 Å². The second-order valence-corrected chi connectivity index (χ2v) is 9.50. The van der Waals surface area contributed by atoms with Crippen molar-refractivity contribution in [3.8, 4) is 28.8 Å². The summed E-state index contributed by atoms with van der Waals surface area (Å²) in [5, 5.41) is 19.7. The molecule has 0 amide bonds. The van der Waals surface area contributed by atoms with E-state index in [-0.39, 0.29) is 11.7 Å². The molecular formula is C32H20N4O2. The summed E-state index contributed by atoms with van der Waals surface area (Å²) >= 11 is 0. The lowest BCUT2D eigenvalue weighted by Gasteiger charge is -2.28. The standard InChI is InChI=1S/C32H20N4O2/c37-28-22-12-6-4-8-19(22)15-17-25(28)30-34-31-27-26(21-10-2-1-3-11-21)24-16-14-20-9-5-7-13-23(20)29(24)38-32(27)33-18-36(31)35-30/h1-18,26,37H/t26-/m0/s1. The monoisotopic (exact) mass is 492 g/mol. The molecule has 1 atom stereocenters. The highest BCUT2D eigenvalue weighted by Crippen LogP contribution is 2.50. The van der Waals surface area contributed by atoms with Crippen molar-refractivity contribution in [3.05, 3.63) is 126 Å². The fraction of sp³-hybridized carbons (Fsp3) is 0.0312. The molecule has 0 saturated carbocycles. The van der Waals surface area contributed by atoms with Crippen LogP contribution >= 0.6 is 0 Å². The number of ether oxygens (including phenoxy) is 1. The van der Waals surface area contributed by atoms with Crippen LogP contribution in [-0.4, -0.2) is 24.7 Å². The average Bonchev–Trinajstić information content (AvgIpc) is 3.41. The normalized spacial score (nSPS) is 14.4. The third-order valence-corrected chi connectivity index (χ3v) is 7.37. The van der Waals surface area contributed by atoms with Crippen molar-refractivity contribution in [3.63, 3.8) is 0 Å². The van der Waals surface area contributed by atoms with Crippen molar-refractivity contribution in [1.82, 2.24) is 19.6 Å². The van der Waals surface area contributed by atoms with Crippen LogP contribution < -0.4 is 4.74 Å². The molecule has 0 spiro atoms. The Labute approximate surface area is 217 Å². The van der Waals surface area contributed by atoms with E-state index in [1.165, 1.54) is 0 Å². The molecule has 3 heterocycles. The smallest absolute Gasteiger partial charge is 0.228 e. The van der Waals surface area contributed by atoms with E-state index in [9.17, 15) is 5.11 Å². The van der Waals surface area contributed by atoms with E-state index in [1.54, 1.807) is 10.8 Å². The number of rotatable bonds is 2. The Morgan fingerprint density at radius 2 is 1.45 bits per heavy atom. The van der Waals surface area contributed by atoms with E-state index in [1.807, 2.05) is 66.7 Å². The molecule has 1 aliphatic heterocycles. The van der Waals surface area contributed by atoms with Crippen LogP contribution in [0.15, 0.2) is 109 Å². The van der Waals surface area contributed by atoms with Gasteiger partial charge in [0.15, 0.2) is 11.5 Å². The maximum absolute atomic E-state index is 11.1. The zero-order valence-corrected chi connectivity index (χ0v) is 20.1. The van der Waals surface area contributed by atoms with Crippen LogP contribution in [0.25, 0.3) is 38.6 Å². The second kappa shape index (κ2) is 7.88. The molecule has 0 radical (unpaired) electrons. The first kappa shape index (κ1) is 20.9. The summed E-state index contributed by atoms with van der Waals surface area (Å²) in [6.45, 7) is 0. The van der Waals surface area contributed by atoms with E-state index < -0.39 is 0 Å². The molecule has 0 bridgehead atoms. The molecule has 2 aromatic heterocycles. The topological polar surface area (TPSA) is 72.5 Å². The van der Waals surface area contributed by atoms with Gasteiger partial charge in [-0.15, -0.1) is 5.10 Å². The van der Waals surface area contributed by atoms with Gasteiger partial charge in [-0.05, 0) is 22.4 Å². The quantitative estimate of drug-likeness (QED) is 0.279. The Morgan fingerprint density at radius 3 is 2.29 bits per heavy atom. The Hall–Kier alpha value is -5.23. The molecular weight excluding hydrogens is 472 g/mol. The zero-order valence-electron chi connectivity index (χ0n) is 20.1. The first-order chi connectivity index (χ1) is 18.8. The van der Waals surface area contributed by atoms with Gasteiger partial charge < -0.3 is 9.84 Å². The number of nitrogens with zero attached hydrogens (tertiary/aromatic N) is 4. The van der Waals surface area contributed by atoms with Crippen LogP contribution in [0, 0.1) is 0 Å². The van der Waals surface area contributed by atoms with Crippen LogP contribution in [0.3, 0.4) is 0 Å². The predicted octanol–water partition coefficient (Wildman–Crippen LogP) is 7.09. The molecule has 38 heavy (non-hydrogen) atoms. The maximum atomic E-state index is 11.1. The lowest BCUT2D eigenvalue weighted by Crippen LogP contribution is -2.15. The first-order valence-corrected chi connectivity index (χ1v) is 12.5. The zero-order chi connectivity index (χ0) is 25.2. The molecule has 0 saturated heterocycles. The van der Waals surface area contributed by atoms with E-state index in [0.29, 0.717) is 22.9 Å². The summed E-state index contributed by atoms with van der Waals surface area (Å²) in [6, 6.07) is 34.4. The number of benzene rings is 5. The predicted molar refractivity (Wildman–Crippen MR) is 147 cm³/mol. The highest BCUT2D eigenvalue weighted by molar-refractivity contribution is 5.94. The van der Waals surface area contributed by atoms with Gasteiger partial charge in [0.1, 0.15) is 17.8 Å². The van der Waals surface area contributed by atoms with Crippen molar-refractivity contribution in [2.24, 2.45) is 0 Å². The lowest BCUT2D eigenvalue weighted by molar-refractivity contribution is 0.437. The molecule has 6 heteroatoms. The molecule has 6 nitrogen and oxygen atoms in total. The second-order valence-electron chi connectivity index (χ2n) is 9.50. The Balaban J connectivity index is 1.39. The fourth-order valence-electron chi connectivity index (χ4n) is 5.59. The van der Waals surface area contributed by atoms with Gasteiger partial charge in [-0.2, -0.15) is 0 Å². The number of phenolic OH excluding ortho intramolecular Hbond substituents is 1. The summed E-state index contributed by atoms with van der Waals surface area (Å²) < 4.78 is 8.18. The minimum absolute atomic E-state index is 0.155. The number of hydrogen-bond acceptors (Lipinski definition) is 5. The SMILES string of the molecule is Oc1c(-c2nc3c4c(ncn3n2)Oc2c(ccc3ccccc23)[C@@H]4c2ccccc2)ccc2ccccc12. The third-order valence-electron chi connectivity index (χ3n) is 7.37. The average molecular weight is 493 g/mol. The summed E-state index contributed by atoms with van der Waals surface area (Å²) in [7, 11) is 0. The Bertz CT molecular complexity index is 2030. The molecule has 180 valence electrons. The maximum Gasteiger partial charge on any atom is 0.228 e. The van der Waals surface area contributed by atoms with Crippen molar-refractivity contribution >= 4 is 27.2 Å². The summed E-state index contributed by atoms with van der Waals surface area (Å²) in [4.78, 5) is 9.63. The number of hydrogen-bond donors (Lipinski definition) is 1. The summed E-state index contributed by atoms with van der Waals surface area (Å²) in [5.74, 6) is 1.76. The largest absolute Gasteiger partial charge is 0.507 e. The van der Waals surface area contributed by atoms with Crippen molar-refractivity contribution in [2.45, 2.75) is 5.92 Å². The third kappa shape index (κ3) is 2.97. The molecule has 1 N–H and O–H groups in total. The summed E-state index contributed by atoms with van der Waals surface area (Å²) in [6.07, 6.45) is 1.63. The van der Waals surface area contributed by atoms with Gasteiger partial charge in [-0.1, -0.05) is 97.1 Å². The van der Waals surface area contributed by atoms with Gasteiger partial charge >= 0.3 is 0 Å². The number of phenols is 1. The minimum atomic E-state index is -0.155. The Morgan fingerprint density at radius 1 is 0.737 bits per heavy atom. The van der Waals surface area contributed by atoms with Crippen LogP contribution in [0.5, 0.6) is 17.4 Å². The molecule has 0 unspecified atom stereocenters. The van der Waals surface area contributed by atoms with Gasteiger partial charge in [-0.25, -0.2) is 14.5 Å². The van der Waals surface area contributed by atoms with Crippen molar-refractivity contribution in [1.29, 1.82) is 0 Å². The Kier molecular flexibility index (Phi) is 4.34. The molecule has 5 aromatic carbocycles. The van der Waals surface area contributed by atoms with Gasteiger partial charge in [0.25, 0.3) is 0 Å². The van der Waals surface area contributed by atoms with E-state index in [4.69, 9.17) is 14.8 Å². The van der Waals surface area contributed by atoms with Crippen LogP contribution in [0.4, 0.5) is 0 Å². The fourth-order valence-corrected chi connectivity index (χ4v) is 5.59. The van der Waals surface area contributed by atoms with Gasteiger partial charge in [0, 0.05) is 22.3 Å². The van der Waals surface area contributed by atoms with Crippen LogP contribution in [0.2, 0.25) is 0 Å². The number of fused-ring (bicyclic) bond motifs is 7. The molecule has 7 aromatic rings. The lowest BCUT2D eigenvalue weighted by atomic mass is 9.83. The van der Waals surface area contributed by atoms with E-state index in [0.717, 1.165) is 44.0 Å². The van der Waals surface area contributed by atoms with E-state index in [2.05, 4.69) is 41.4 Å². The highest BCUT2D eigenvalue weighted by atomic mass is 16.5. The van der Waals surface area contributed by atoms with Gasteiger partial charge in [0.05, 0.1) is 11.1 Å².